The fourth-order valence-corrected chi connectivity index (χ4v) is 8.63. The van der Waals surface area contributed by atoms with Gasteiger partial charge in [0, 0.05) is 8.80 Å². The zero-order valence-electron chi connectivity index (χ0n) is 16.6. The molecule has 2 aliphatic rings. The molecule has 3 heteroatoms. The van der Waals surface area contributed by atoms with Crippen molar-refractivity contribution in [2.24, 2.45) is 17.8 Å². The average molecular weight is 394 g/mol. The molecule has 1 heterocycles. The van der Waals surface area contributed by atoms with Crippen LogP contribution in [0.2, 0.25) is 23.2 Å². The Hall–Kier alpha value is -0.343. The number of halogens is 2. The molecule has 0 N–H and O–H groups in total. The molecule has 0 nitrogen and oxygen atoms in total. The molecule has 2 fully saturated rings. The van der Waals surface area contributed by atoms with Gasteiger partial charge in [0.15, 0.2) is 0 Å². The van der Waals surface area contributed by atoms with Gasteiger partial charge in [-0.05, 0) is 61.5 Å². The van der Waals surface area contributed by atoms with Crippen molar-refractivity contribution in [3.05, 3.63) is 34.1 Å². The van der Waals surface area contributed by atoms with E-state index < -0.39 is 0 Å². The predicted molar refractivity (Wildman–Crippen MR) is 113 cm³/mol. The van der Waals surface area contributed by atoms with Gasteiger partial charge in [0.25, 0.3) is 0 Å². The van der Waals surface area contributed by atoms with Crippen molar-refractivity contribution in [2.45, 2.75) is 89.8 Å². The van der Waals surface area contributed by atoms with Gasteiger partial charge in [-0.3, -0.25) is 0 Å². The van der Waals surface area contributed by atoms with Crippen molar-refractivity contribution >= 4 is 20.4 Å². The molecular formula is C23H35ClFSi. The maximum Gasteiger partial charge on any atom is 0.144 e. The smallest absolute Gasteiger partial charge is 0.144 e. The van der Waals surface area contributed by atoms with Crippen LogP contribution in [0.15, 0.2) is 12.1 Å². The Morgan fingerprint density at radius 1 is 1.04 bits per heavy atom. The fraction of sp³-hybridized carbons (Fsp3) is 0.739. The van der Waals surface area contributed by atoms with E-state index in [4.69, 9.17) is 11.6 Å². The lowest BCUT2D eigenvalue weighted by molar-refractivity contribution is 0.186. The third kappa shape index (κ3) is 5.13. The van der Waals surface area contributed by atoms with Gasteiger partial charge in [-0.2, -0.15) is 0 Å². The average Bonchev–Trinajstić information content (AvgIpc) is 2.67. The topological polar surface area (TPSA) is 0 Å². The summed E-state index contributed by atoms with van der Waals surface area (Å²) >= 11 is 6.20. The summed E-state index contributed by atoms with van der Waals surface area (Å²) in [6.45, 7) is 4.13. The van der Waals surface area contributed by atoms with Gasteiger partial charge >= 0.3 is 0 Å². The lowest BCUT2D eigenvalue weighted by atomic mass is 9.73. The van der Waals surface area contributed by atoms with Crippen molar-refractivity contribution in [2.75, 3.05) is 0 Å². The van der Waals surface area contributed by atoms with Crippen molar-refractivity contribution < 1.29 is 4.39 Å². The molecule has 1 aromatic carbocycles. The van der Waals surface area contributed by atoms with Crippen LogP contribution in [0.4, 0.5) is 4.39 Å². The summed E-state index contributed by atoms with van der Waals surface area (Å²) in [5.74, 6) is 2.61. The van der Waals surface area contributed by atoms with E-state index in [1.54, 1.807) is 25.1 Å². The highest BCUT2D eigenvalue weighted by Crippen LogP contribution is 2.42. The minimum atomic E-state index is -0.228. The number of hydrogen-bond acceptors (Lipinski definition) is 0. The van der Waals surface area contributed by atoms with Crippen LogP contribution >= 0.6 is 11.6 Å². The van der Waals surface area contributed by atoms with Crippen LogP contribution < -0.4 is 0 Å². The summed E-state index contributed by atoms with van der Waals surface area (Å²) in [5, 5.41) is 0.352. The van der Waals surface area contributed by atoms with Gasteiger partial charge in [-0.1, -0.05) is 80.9 Å². The number of benzene rings is 1. The summed E-state index contributed by atoms with van der Waals surface area (Å²) < 4.78 is 14.0. The van der Waals surface area contributed by atoms with Gasteiger partial charge in [-0.15, -0.1) is 0 Å². The van der Waals surface area contributed by atoms with Crippen LogP contribution in [-0.2, 0) is 6.42 Å². The van der Waals surface area contributed by atoms with Crippen LogP contribution in [0.5, 0.6) is 0 Å². The van der Waals surface area contributed by atoms with Crippen molar-refractivity contribution in [3.63, 3.8) is 0 Å². The van der Waals surface area contributed by atoms with E-state index in [1.165, 1.54) is 51.4 Å². The lowest BCUT2D eigenvalue weighted by Crippen LogP contribution is -2.28. The van der Waals surface area contributed by atoms with E-state index >= 15 is 0 Å². The highest BCUT2D eigenvalue weighted by Gasteiger charge is 2.31. The molecule has 26 heavy (non-hydrogen) atoms. The molecule has 1 saturated carbocycles. The SMILES string of the molecule is CCC[Si]1CCC(C2CCC(CCc3ccc(C)c(F)c3Cl)CC2)CC1. The Balaban J connectivity index is 1.41. The van der Waals surface area contributed by atoms with Crippen LogP contribution in [-0.4, -0.2) is 8.80 Å². The fourth-order valence-electron chi connectivity index (χ4n) is 5.31. The van der Waals surface area contributed by atoms with Crippen LogP contribution in [0.25, 0.3) is 0 Å². The van der Waals surface area contributed by atoms with E-state index in [0.29, 0.717) is 10.6 Å². The lowest BCUT2D eigenvalue weighted by Gasteiger charge is -2.37. The first-order chi connectivity index (χ1) is 12.6. The largest absolute Gasteiger partial charge is 0.205 e. The standard InChI is InChI=1S/C23H35ClFSi/c1-3-14-26-15-12-20(13-16-26)19-9-5-18(6-10-19)7-11-21-8-4-17(2)23(25)22(21)24/h4,8,18-20H,3,5-7,9-16H2,1-2H3. The third-order valence-corrected chi connectivity index (χ3v) is 10.7. The van der Waals surface area contributed by atoms with Crippen LogP contribution in [0.3, 0.4) is 0 Å². The minimum Gasteiger partial charge on any atom is -0.205 e. The number of rotatable bonds is 6. The second-order valence-corrected chi connectivity index (χ2v) is 12.2. The first kappa shape index (κ1) is 20.4. The molecule has 0 unspecified atom stereocenters. The van der Waals surface area contributed by atoms with E-state index in [1.807, 2.05) is 12.1 Å². The zero-order valence-corrected chi connectivity index (χ0v) is 18.4. The first-order valence-corrected chi connectivity index (χ1v) is 13.4. The van der Waals surface area contributed by atoms with Crippen molar-refractivity contribution in [3.8, 4) is 0 Å². The molecule has 3 rings (SSSR count). The van der Waals surface area contributed by atoms with Gasteiger partial charge in [-0.25, -0.2) is 4.39 Å². The number of hydrogen-bond donors (Lipinski definition) is 0. The Morgan fingerprint density at radius 3 is 2.35 bits per heavy atom. The highest BCUT2D eigenvalue weighted by molar-refractivity contribution is 6.58. The summed E-state index contributed by atoms with van der Waals surface area (Å²) in [4.78, 5) is 0. The summed E-state index contributed by atoms with van der Waals surface area (Å²) in [6, 6.07) is 8.60. The summed E-state index contributed by atoms with van der Waals surface area (Å²) in [6.07, 6.45) is 12.2. The first-order valence-electron chi connectivity index (χ1n) is 10.9. The third-order valence-electron chi connectivity index (χ3n) is 7.08. The molecule has 0 atom stereocenters. The molecule has 0 bridgehead atoms. The molecule has 1 aliphatic heterocycles. The predicted octanol–water partition coefficient (Wildman–Crippen LogP) is 7.84. The van der Waals surface area contributed by atoms with Crippen molar-refractivity contribution in [1.29, 1.82) is 0 Å². The molecule has 1 radical (unpaired) electrons. The van der Waals surface area contributed by atoms with Crippen molar-refractivity contribution in [1.82, 2.24) is 0 Å². The normalized spacial score (nSPS) is 25.5. The maximum atomic E-state index is 14.0. The minimum absolute atomic E-state index is 0.0276. The van der Waals surface area contributed by atoms with E-state index in [9.17, 15) is 4.39 Å². The maximum absolute atomic E-state index is 14.0. The van der Waals surface area contributed by atoms with E-state index in [0.717, 1.165) is 29.7 Å². The second-order valence-electron chi connectivity index (χ2n) is 8.83. The molecule has 1 aliphatic carbocycles. The Bertz CT molecular complexity index is 572. The van der Waals surface area contributed by atoms with Crippen LogP contribution in [0, 0.1) is 30.5 Å². The van der Waals surface area contributed by atoms with Gasteiger partial charge in [0.1, 0.15) is 5.82 Å². The van der Waals surface area contributed by atoms with Gasteiger partial charge < -0.3 is 0 Å². The summed E-state index contributed by atoms with van der Waals surface area (Å²) in [7, 11) is 0.0276. The Labute approximate surface area is 166 Å². The van der Waals surface area contributed by atoms with E-state index in [2.05, 4.69) is 6.92 Å². The molecule has 0 spiro atoms. The van der Waals surface area contributed by atoms with Crippen LogP contribution in [0.1, 0.15) is 69.4 Å². The molecule has 1 saturated heterocycles. The van der Waals surface area contributed by atoms with Gasteiger partial charge in [0.2, 0.25) is 0 Å². The summed E-state index contributed by atoms with van der Waals surface area (Å²) in [5.41, 5.74) is 1.64. The highest BCUT2D eigenvalue weighted by atomic mass is 35.5. The van der Waals surface area contributed by atoms with E-state index in [-0.39, 0.29) is 14.6 Å². The Kier molecular flexibility index (Phi) is 7.63. The zero-order chi connectivity index (χ0) is 18.5. The molecule has 0 aromatic heterocycles. The van der Waals surface area contributed by atoms with Gasteiger partial charge in [0.05, 0.1) is 5.02 Å². The number of aryl methyl sites for hydroxylation is 2. The molecule has 1 aromatic rings. The molecule has 0 amide bonds. The quantitative estimate of drug-likeness (QED) is 0.431. The molecule has 145 valence electrons. The Morgan fingerprint density at radius 2 is 1.69 bits per heavy atom. The monoisotopic (exact) mass is 393 g/mol. The molecular weight excluding hydrogens is 359 g/mol. The second kappa shape index (κ2) is 9.73.